The van der Waals surface area contributed by atoms with E-state index in [4.69, 9.17) is 14.0 Å². The molecule has 5 heterocycles. The fourth-order valence-electron chi connectivity index (χ4n) is 15.6. The van der Waals surface area contributed by atoms with Gasteiger partial charge in [-0.15, -0.1) is 0 Å². The Morgan fingerprint density at radius 2 is 0.820 bits per heavy atom. The van der Waals surface area contributed by atoms with Crippen molar-refractivity contribution in [3.8, 4) is 44.8 Å². The Balaban J connectivity index is 1.00. The average Bonchev–Trinajstić information content (AvgIpc) is 0.883. The molecule has 0 saturated heterocycles. The predicted molar refractivity (Wildman–Crippen MR) is 428 cm³/mol. The van der Waals surface area contributed by atoms with Crippen LogP contribution in [0.3, 0.4) is 0 Å². The standard InChI is InChI=1S/C94H81BN4O/c1-91(2,3)62-43-48-79-73(51-62)74-52-63(92(4,5)6)44-49-80(74)96(79)66-45-46-75-84(57-66)99(88-71(59-30-18-14-19-31-59)53-64(93(7,8)9)54-72(88)60-32-20-15-21-33-60)86-56-65(94(10,11)12)55-85-87(86)95(75)76-50-61(58-28-16-13-17-29-58)42-47-81(76)98(85)83-41-27-37-70-69-36-26-40-82(89(69)100-90(70)83)97-77-38-24-22-34-67(77)68-35-23-25-39-78(68)97/h13-57H,1-12H3/i13D,16D,17D,22D,23D,24D,25D,28D,29D,34D,35D,38D,39D. The smallest absolute Gasteiger partial charge is 0.252 e. The first kappa shape index (κ1) is 48.6. The van der Waals surface area contributed by atoms with E-state index < -0.39 is 78.6 Å². The summed E-state index contributed by atoms with van der Waals surface area (Å²) in [6.07, 6.45) is 0. The minimum Gasteiger partial charge on any atom is -0.452 e. The van der Waals surface area contributed by atoms with Crippen LogP contribution < -0.4 is 26.2 Å². The fourth-order valence-corrected chi connectivity index (χ4v) is 15.6. The summed E-state index contributed by atoms with van der Waals surface area (Å²) in [5.74, 6) is 0. The van der Waals surface area contributed by atoms with Crippen LogP contribution in [-0.2, 0) is 21.7 Å². The molecule has 0 N–H and O–H groups in total. The minimum atomic E-state index is -0.627. The first-order valence-corrected chi connectivity index (χ1v) is 34.5. The highest BCUT2D eigenvalue weighted by Crippen LogP contribution is 2.54. The summed E-state index contributed by atoms with van der Waals surface area (Å²) in [4.78, 5) is 4.74. The number of fused-ring (bicyclic) bond motifs is 13. The highest BCUT2D eigenvalue weighted by Gasteiger charge is 2.46. The van der Waals surface area contributed by atoms with Gasteiger partial charge in [-0.05, 0) is 174 Å². The number of furan rings is 1. The second kappa shape index (κ2) is 22.2. The maximum atomic E-state index is 9.60. The number of rotatable bonds is 7. The average molecular weight is 1310 g/mol. The van der Waals surface area contributed by atoms with Crippen molar-refractivity contribution in [2.45, 2.75) is 105 Å². The number of hydrogen-bond donors (Lipinski definition) is 0. The van der Waals surface area contributed by atoms with Crippen LogP contribution >= 0.6 is 0 Å². The van der Waals surface area contributed by atoms with Gasteiger partial charge in [0.2, 0.25) is 0 Å². The van der Waals surface area contributed by atoms with Gasteiger partial charge in [-0.1, -0.05) is 265 Å². The third kappa shape index (κ3) is 9.57. The Morgan fingerprint density at radius 1 is 0.310 bits per heavy atom. The van der Waals surface area contributed by atoms with E-state index in [1.807, 2.05) is 48.5 Å². The summed E-state index contributed by atoms with van der Waals surface area (Å²) < 4.78 is 131. The van der Waals surface area contributed by atoms with Crippen LogP contribution in [0, 0.1) is 0 Å². The van der Waals surface area contributed by atoms with Gasteiger partial charge in [0.1, 0.15) is 0 Å². The highest BCUT2D eigenvalue weighted by atomic mass is 16.3. The van der Waals surface area contributed by atoms with Crippen molar-refractivity contribution in [1.29, 1.82) is 0 Å². The number of anilines is 6. The van der Waals surface area contributed by atoms with E-state index in [1.54, 1.807) is 6.07 Å². The Morgan fingerprint density at radius 3 is 1.38 bits per heavy atom. The van der Waals surface area contributed by atoms with Crippen LogP contribution in [0.5, 0.6) is 0 Å². The molecule has 0 radical (unpaired) electrons. The van der Waals surface area contributed by atoms with Gasteiger partial charge < -0.3 is 23.4 Å². The van der Waals surface area contributed by atoms with E-state index in [2.05, 4.69) is 237 Å². The summed E-state index contributed by atoms with van der Waals surface area (Å²) in [5.41, 5.74) is 19.2. The Kier molecular flexibility index (Phi) is 10.8. The molecular formula is C94H81BN4O. The van der Waals surface area contributed by atoms with Crippen molar-refractivity contribution in [3.63, 3.8) is 0 Å². The van der Waals surface area contributed by atoms with Gasteiger partial charge >= 0.3 is 0 Å². The first-order chi connectivity index (χ1) is 53.5. The molecular weight excluding hydrogens is 1210 g/mol. The van der Waals surface area contributed by atoms with Gasteiger partial charge in [0, 0.05) is 71.9 Å². The summed E-state index contributed by atoms with van der Waals surface area (Å²) in [5, 5.41) is 3.44. The van der Waals surface area contributed by atoms with E-state index in [9.17, 15) is 8.22 Å². The van der Waals surface area contributed by atoms with Gasteiger partial charge in [-0.25, -0.2) is 0 Å². The lowest BCUT2D eigenvalue weighted by Gasteiger charge is -2.46. The summed E-state index contributed by atoms with van der Waals surface area (Å²) in [7, 11) is 0. The van der Waals surface area contributed by atoms with Gasteiger partial charge in [0.25, 0.3) is 6.71 Å². The normalized spacial score (nSPS) is 15.2. The maximum absolute atomic E-state index is 9.60. The molecule has 2 aliphatic rings. The number of hydrogen-bond acceptors (Lipinski definition) is 3. The molecule has 6 heteroatoms. The molecule has 486 valence electrons. The molecule has 0 aliphatic carbocycles. The molecule has 3 aromatic heterocycles. The zero-order chi connectivity index (χ0) is 79.8. The number of para-hydroxylation sites is 4. The zero-order valence-corrected chi connectivity index (χ0v) is 58.2. The lowest BCUT2D eigenvalue weighted by molar-refractivity contribution is 0.590. The monoisotopic (exact) mass is 1310 g/mol. The lowest BCUT2D eigenvalue weighted by atomic mass is 9.33. The third-order valence-corrected chi connectivity index (χ3v) is 20.8. The van der Waals surface area contributed by atoms with Crippen molar-refractivity contribution in [2.24, 2.45) is 0 Å². The molecule has 18 rings (SSSR count). The van der Waals surface area contributed by atoms with Gasteiger partial charge in [0.05, 0.1) is 56.9 Å². The van der Waals surface area contributed by atoms with Crippen LogP contribution in [-0.4, -0.2) is 15.8 Å². The van der Waals surface area contributed by atoms with E-state index >= 15 is 0 Å². The quantitative estimate of drug-likeness (QED) is 0.149. The molecule has 2 aliphatic heterocycles. The number of aromatic nitrogens is 2. The zero-order valence-electron chi connectivity index (χ0n) is 71.2. The van der Waals surface area contributed by atoms with Crippen LogP contribution in [0.4, 0.5) is 34.1 Å². The second-order valence-electron chi connectivity index (χ2n) is 31.2. The predicted octanol–water partition coefficient (Wildman–Crippen LogP) is 24.1. The topological polar surface area (TPSA) is 29.5 Å². The maximum Gasteiger partial charge on any atom is 0.252 e. The Hall–Kier alpha value is -11.1. The van der Waals surface area contributed by atoms with Crippen molar-refractivity contribution in [3.05, 3.63) is 295 Å². The van der Waals surface area contributed by atoms with E-state index in [-0.39, 0.29) is 67.0 Å². The molecule has 0 saturated carbocycles. The van der Waals surface area contributed by atoms with Gasteiger partial charge in [-0.2, -0.15) is 0 Å². The highest BCUT2D eigenvalue weighted by molar-refractivity contribution is 7.00. The molecule has 0 unspecified atom stereocenters. The van der Waals surface area contributed by atoms with Crippen LogP contribution in [0.15, 0.2) is 277 Å². The van der Waals surface area contributed by atoms with E-state index in [0.29, 0.717) is 33.3 Å². The fraction of sp³-hybridized carbons (Fsp3) is 0.170. The van der Waals surface area contributed by atoms with Crippen LogP contribution in [0.2, 0.25) is 0 Å². The molecule has 0 fully saturated rings. The van der Waals surface area contributed by atoms with Crippen LogP contribution in [0.1, 0.15) is 123 Å². The van der Waals surface area contributed by atoms with E-state index in [0.717, 1.165) is 100 Å². The minimum absolute atomic E-state index is 0.0435. The van der Waals surface area contributed by atoms with E-state index in [1.165, 1.54) is 15.7 Å². The molecule has 16 aromatic rings. The van der Waals surface area contributed by atoms with Crippen molar-refractivity contribution >= 4 is 123 Å². The molecule has 5 nitrogen and oxygen atoms in total. The molecule has 0 spiro atoms. The molecule has 0 atom stereocenters. The van der Waals surface area contributed by atoms with Gasteiger partial charge in [-0.3, -0.25) is 0 Å². The van der Waals surface area contributed by atoms with Crippen molar-refractivity contribution < 1.29 is 22.2 Å². The number of benzene rings is 13. The van der Waals surface area contributed by atoms with Gasteiger partial charge in [0.15, 0.2) is 11.2 Å². The Labute approximate surface area is 605 Å². The second-order valence-corrected chi connectivity index (χ2v) is 31.2. The molecule has 100 heavy (non-hydrogen) atoms. The van der Waals surface area contributed by atoms with Crippen molar-refractivity contribution in [2.75, 3.05) is 9.80 Å². The molecule has 0 bridgehead atoms. The SMILES string of the molecule is [2H]c1c([2H])c([2H])c(-c2ccc3c(c2)B2c4ccc(-n5c6ccc(C(C)(C)C)cc6c6cc(C(C)(C)C)ccc65)cc4N(c4c(-c5ccccc5)cc(C(C)(C)C)cc4-c4ccccc4)c4cc(C(C)(C)C)cc(c42)N3c2cccc3c2oc2c(-n4c5c([2H])c([2H])c([2H])c([2H])c5c5c([2H])c([2H])c([2H])c([2H])c54)cccc23)c([2H])c1[2H]. The largest absolute Gasteiger partial charge is 0.452 e. The summed E-state index contributed by atoms with van der Waals surface area (Å²) in [6, 6.07) is 62.6. The first-order valence-electron chi connectivity index (χ1n) is 41.0. The summed E-state index contributed by atoms with van der Waals surface area (Å²) in [6.45, 7) is 26.4. The Bertz CT molecular complexity index is 6610. The molecule has 0 amide bonds. The number of nitrogens with zero attached hydrogens (tertiary/aromatic N) is 4. The van der Waals surface area contributed by atoms with Crippen molar-refractivity contribution in [1.82, 2.24) is 9.13 Å². The summed E-state index contributed by atoms with van der Waals surface area (Å²) >= 11 is 0. The third-order valence-electron chi connectivity index (χ3n) is 20.8. The van der Waals surface area contributed by atoms with Crippen LogP contribution in [0.25, 0.3) is 110 Å². The lowest BCUT2D eigenvalue weighted by Crippen LogP contribution is -2.61. The molecule has 13 aromatic carbocycles.